The van der Waals surface area contributed by atoms with Gasteiger partial charge in [0.15, 0.2) is 11.5 Å². The molecular weight excluding hydrogens is 602 g/mol. The zero-order chi connectivity index (χ0) is 33.1. The number of rotatable bonds is 13. The van der Waals surface area contributed by atoms with E-state index < -0.39 is 11.8 Å². The van der Waals surface area contributed by atoms with Crippen molar-refractivity contribution in [3.8, 4) is 17.2 Å². The molecule has 0 unspecified atom stereocenters. The summed E-state index contributed by atoms with van der Waals surface area (Å²) >= 11 is 1.35. The maximum atomic E-state index is 13.7. The Kier molecular flexibility index (Phi) is 11.9. The SMILES string of the molecule is CCc1cccc(C)c1NC(=O)CSc1cccc(NC(=O)/C(=C\c2cc(OC)c(OC)cc2OC)NC(=O)c2ccccc2)c1. The number of anilines is 2. The van der Waals surface area contributed by atoms with E-state index in [2.05, 4.69) is 22.9 Å². The number of para-hydroxylation sites is 1. The summed E-state index contributed by atoms with van der Waals surface area (Å²) in [5.74, 6) is 0.317. The Morgan fingerprint density at radius 3 is 2.17 bits per heavy atom. The highest BCUT2D eigenvalue weighted by atomic mass is 32.2. The first-order valence-corrected chi connectivity index (χ1v) is 15.6. The molecule has 0 aliphatic carbocycles. The quantitative estimate of drug-likeness (QED) is 0.110. The lowest BCUT2D eigenvalue weighted by Gasteiger charge is -2.15. The number of methoxy groups -OCH3 is 3. The van der Waals surface area contributed by atoms with Gasteiger partial charge in [-0.1, -0.05) is 49.4 Å². The predicted octanol–water partition coefficient (Wildman–Crippen LogP) is 6.72. The van der Waals surface area contributed by atoms with Crippen LogP contribution in [-0.2, 0) is 16.0 Å². The maximum Gasteiger partial charge on any atom is 0.272 e. The van der Waals surface area contributed by atoms with Crippen LogP contribution >= 0.6 is 11.8 Å². The van der Waals surface area contributed by atoms with E-state index in [0.717, 1.165) is 28.1 Å². The summed E-state index contributed by atoms with van der Waals surface area (Å²) < 4.78 is 16.4. The average Bonchev–Trinajstić information content (AvgIpc) is 3.08. The first kappa shape index (κ1) is 33.7. The van der Waals surface area contributed by atoms with E-state index in [1.165, 1.54) is 39.2 Å². The van der Waals surface area contributed by atoms with Crippen molar-refractivity contribution >= 4 is 46.9 Å². The zero-order valence-electron chi connectivity index (χ0n) is 26.4. The van der Waals surface area contributed by atoms with Crippen molar-refractivity contribution < 1.29 is 28.6 Å². The molecule has 0 fully saturated rings. The first-order valence-electron chi connectivity index (χ1n) is 14.6. The van der Waals surface area contributed by atoms with Gasteiger partial charge in [0.25, 0.3) is 11.8 Å². The fourth-order valence-electron chi connectivity index (χ4n) is 4.65. The summed E-state index contributed by atoms with van der Waals surface area (Å²) in [7, 11) is 4.51. The van der Waals surface area contributed by atoms with Gasteiger partial charge >= 0.3 is 0 Å². The van der Waals surface area contributed by atoms with E-state index >= 15 is 0 Å². The van der Waals surface area contributed by atoms with E-state index in [4.69, 9.17) is 14.2 Å². The first-order chi connectivity index (χ1) is 22.3. The number of hydrogen-bond acceptors (Lipinski definition) is 7. The Morgan fingerprint density at radius 2 is 1.48 bits per heavy atom. The van der Waals surface area contributed by atoms with Crippen molar-refractivity contribution in [2.75, 3.05) is 37.7 Å². The fourth-order valence-corrected chi connectivity index (χ4v) is 5.41. The van der Waals surface area contributed by atoms with E-state index in [-0.39, 0.29) is 17.4 Å². The number of benzene rings is 4. The Balaban J connectivity index is 1.55. The average molecular weight is 640 g/mol. The second-order valence-electron chi connectivity index (χ2n) is 10.1. The summed E-state index contributed by atoms with van der Waals surface area (Å²) in [6, 6.07) is 25.0. The van der Waals surface area contributed by atoms with Gasteiger partial charge in [-0.2, -0.15) is 0 Å². The normalized spacial score (nSPS) is 10.9. The van der Waals surface area contributed by atoms with E-state index in [0.29, 0.717) is 34.1 Å². The molecule has 0 atom stereocenters. The smallest absolute Gasteiger partial charge is 0.272 e. The molecule has 4 aromatic rings. The fraction of sp³-hybridized carbons (Fsp3) is 0.194. The number of thioether (sulfide) groups is 1. The van der Waals surface area contributed by atoms with Gasteiger partial charge in [-0.05, 0) is 66.9 Å². The molecule has 4 rings (SSSR count). The lowest BCUT2D eigenvalue weighted by molar-refractivity contribution is -0.114. The highest BCUT2D eigenvalue weighted by Crippen LogP contribution is 2.35. The van der Waals surface area contributed by atoms with Crippen molar-refractivity contribution in [1.29, 1.82) is 0 Å². The number of amides is 3. The lowest BCUT2D eigenvalue weighted by atomic mass is 10.1. The van der Waals surface area contributed by atoms with Gasteiger partial charge in [0.05, 0.1) is 27.1 Å². The third-order valence-corrected chi connectivity index (χ3v) is 8.02. The summed E-state index contributed by atoms with van der Waals surface area (Å²) in [5, 5.41) is 8.64. The minimum atomic E-state index is -0.562. The lowest BCUT2D eigenvalue weighted by Crippen LogP contribution is -2.30. The van der Waals surface area contributed by atoms with Crippen LogP contribution in [-0.4, -0.2) is 44.8 Å². The van der Waals surface area contributed by atoms with E-state index in [9.17, 15) is 14.4 Å². The zero-order valence-corrected chi connectivity index (χ0v) is 27.2. The van der Waals surface area contributed by atoms with Crippen LogP contribution in [0.4, 0.5) is 11.4 Å². The van der Waals surface area contributed by atoms with E-state index in [1.54, 1.807) is 60.7 Å². The standard InChI is InChI=1S/C36H37N3O6S/c1-6-24-15-10-12-23(2)34(24)39-33(40)22-46-28-17-11-16-27(20-28)37-36(42)29(38-35(41)25-13-8-7-9-14-25)18-26-19-31(44-4)32(45-5)21-30(26)43-3/h7-21H,6,22H2,1-5H3,(H,37,42)(H,38,41)(H,39,40)/b29-18+. The minimum Gasteiger partial charge on any atom is -0.496 e. The molecule has 10 heteroatoms. The molecule has 0 heterocycles. The Morgan fingerprint density at radius 1 is 0.783 bits per heavy atom. The van der Waals surface area contributed by atoms with Crippen LogP contribution < -0.4 is 30.2 Å². The predicted molar refractivity (Wildman–Crippen MR) is 183 cm³/mol. The number of carbonyl (C=O) groups excluding carboxylic acids is 3. The molecule has 0 saturated carbocycles. The molecule has 9 nitrogen and oxygen atoms in total. The number of aryl methyl sites for hydroxylation is 2. The van der Waals surface area contributed by atoms with Crippen LogP contribution in [0.5, 0.6) is 17.2 Å². The largest absolute Gasteiger partial charge is 0.496 e. The molecule has 4 aromatic carbocycles. The summed E-state index contributed by atoms with van der Waals surface area (Å²) in [5.41, 5.74) is 4.26. The van der Waals surface area contributed by atoms with Crippen LogP contribution in [0.2, 0.25) is 0 Å². The van der Waals surface area contributed by atoms with Crippen LogP contribution in [0.3, 0.4) is 0 Å². The molecule has 3 N–H and O–H groups in total. The molecular formula is C36H37N3O6S. The topological polar surface area (TPSA) is 115 Å². The minimum absolute atomic E-state index is 0.0261. The van der Waals surface area contributed by atoms with Gasteiger partial charge < -0.3 is 30.2 Å². The van der Waals surface area contributed by atoms with Crippen LogP contribution in [0, 0.1) is 6.92 Å². The summed E-state index contributed by atoms with van der Waals surface area (Å²) in [6.07, 6.45) is 2.32. The molecule has 0 spiro atoms. The number of ether oxygens (including phenoxy) is 3. The van der Waals surface area contributed by atoms with Gasteiger partial charge in [0, 0.05) is 33.5 Å². The van der Waals surface area contributed by atoms with Gasteiger partial charge in [-0.15, -0.1) is 11.8 Å². The molecule has 0 aliphatic rings. The Hall–Kier alpha value is -5.22. The molecule has 3 amide bonds. The second kappa shape index (κ2) is 16.2. The van der Waals surface area contributed by atoms with Gasteiger partial charge in [-0.3, -0.25) is 14.4 Å². The summed E-state index contributed by atoms with van der Waals surface area (Å²) in [6.45, 7) is 4.03. The molecule has 0 radical (unpaired) electrons. The number of nitrogens with one attached hydrogen (secondary N) is 3. The van der Waals surface area contributed by atoms with Gasteiger partial charge in [0.1, 0.15) is 11.4 Å². The van der Waals surface area contributed by atoms with Crippen LogP contribution in [0.25, 0.3) is 6.08 Å². The Labute approximate surface area is 273 Å². The van der Waals surface area contributed by atoms with Gasteiger partial charge in [-0.25, -0.2) is 0 Å². The molecule has 0 saturated heterocycles. The van der Waals surface area contributed by atoms with Crippen molar-refractivity contribution in [1.82, 2.24) is 5.32 Å². The molecule has 46 heavy (non-hydrogen) atoms. The molecule has 0 aliphatic heterocycles. The van der Waals surface area contributed by atoms with Crippen molar-refractivity contribution in [2.24, 2.45) is 0 Å². The maximum absolute atomic E-state index is 13.7. The Bertz CT molecular complexity index is 1740. The third kappa shape index (κ3) is 8.70. The molecule has 0 aromatic heterocycles. The molecule has 238 valence electrons. The van der Waals surface area contributed by atoms with Crippen molar-refractivity contribution in [3.63, 3.8) is 0 Å². The monoisotopic (exact) mass is 639 g/mol. The van der Waals surface area contributed by atoms with Gasteiger partial charge in [0.2, 0.25) is 5.91 Å². The summed E-state index contributed by atoms with van der Waals surface area (Å²) in [4.78, 5) is 40.4. The molecule has 0 bridgehead atoms. The number of carbonyl (C=O) groups is 3. The van der Waals surface area contributed by atoms with E-state index in [1.807, 2.05) is 31.2 Å². The van der Waals surface area contributed by atoms with Crippen LogP contribution in [0.1, 0.15) is 34.0 Å². The highest BCUT2D eigenvalue weighted by Gasteiger charge is 2.18. The third-order valence-electron chi connectivity index (χ3n) is 7.03. The van der Waals surface area contributed by atoms with Crippen LogP contribution in [0.15, 0.2) is 95.5 Å². The highest BCUT2D eigenvalue weighted by molar-refractivity contribution is 8.00. The van der Waals surface area contributed by atoms with Crippen molar-refractivity contribution in [2.45, 2.75) is 25.2 Å². The second-order valence-corrected chi connectivity index (χ2v) is 11.2. The van der Waals surface area contributed by atoms with Crippen molar-refractivity contribution in [3.05, 3.63) is 113 Å². The number of hydrogen-bond donors (Lipinski definition) is 3.